The number of rotatable bonds is 24. The number of quaternary nitrogens is 2. The van der Waals surface area contributed by atoms with Crippen LogP contribution in [0.25, 0.3) is 22.3 Å². The van der Waals surface area contributed by atoms with Gasteiger partial charge in [-0.1, -0.05) is 201 Å². The zero-order valence-corrected chi connectivity index (χ0v) is 79.4. The van der Waals surface area contributed by atoms with Crippen LogP contribution in [-0.4, -0.2) is 195 Å². The highest BCUT2D eigenvalue weighted by Crippen LogP contribution is 2.45. The van der Waals surface area contributed by atoms with E-state index >= 15 is 0 Å². The maximum atomic E-state index is 13.1. The van der Waals surface area contributed by atoms with Crippen LogP contribution in [0.3, 0.4) is 0 Å². The van der Waals surface area contributed by atoms with Crippen LogP contribution in [0.5, 0.6) is 0 Å². The molecule has 11 aliphatic rings. The Morgan fingerprint density at radius 3 is 1.05 bits per heavy atom. The van der Waals surface area contributed by atoms with E-state index in [1.807, 2.05) is 182 Å². The summed E-state index contributed by atoms with van der Waals surface area (Å²) in [6.45, 7) is 15.8. The molecule has 0 unspecified atom stereocenters. The Morgan fingerprint density at radius 1 is 0.397 bits per heavy atom. The molecule has 0 bridgehead atoms. The SMILES string of the molecule is CCCCCO/N=C1/C(=C2/C(=O)Cc3ccc(Br)cc32)Nc2ccccc21.CCOC(=O)CC1CC[NH+](CCO/N=C2/C(=C3/C(=O)Cc4ccc(Br)cc43)Nc3ccccc32)CC1.O=C(O)CC1CC[NH+](CCO/N=C2/C(=C3/C(=O)Cc4ccc(Br)cc43)Nc3ccccc32)CC1.O=C(O)CN1CCN(CCO/N=C2/C(=C3/C(=O)Cc4ccc(Br)cc43)Nc3ccccc32)CC1. The van der Waals surface area contributed by atoms with E-state index in [0.717, 1.165) is 223 Å². The van der Waals surface area contributed by atoms with Crippen molar-refractivity contribution < 1.29 is 77.7 Å². The molecule has 8 aromatic carbocycles. The molecule has 19 rings (SSSR count). The van der Waals surface area contributed by atoms with E-state index < -0.39 is 11.9 Å². The van der Waals surface area contributed by atoms with E-state index in [9.17, 15) is 33.6 Å². The summed E-state index contributed by atoms with van der Waals surface area (Å²) < 4.78 is 8.84. The van der Waals surface area contributed by atoms with Crippen molar-refractivity contribution in [3.63, 3.8) is 0 Å². The average Bonchev–Trinajstić information content (AvgIpc) is 1.62. The number of carbonyl (C=O) groups is 7. The number of carbonyl (C=O) groups excluding carboxylic acids is 5. The highest BCUT2D eigenvalue weighted by Gasteiger charge is 2.40. The largest absolute Gasteiger partial charge is 0.481 e. The first-order chi connectivity index (χ1) is 63.7. The fourth-order valence-electron chi connectivity index (χ4n) is 18.6. The van der Waals surface area contributed by atoms with Crippen molar-refractivity contribution in [2.24, 2.45) is 32.5 Å². The number of unbranched alkanes of at least 4 members (excludes halogenated alkanes) is 2. The molecule has 0 amide bonds. The molecule has 7 heterocycles. The molecule has 0 aromatic heterocycles. The van der Waals surface area contributed by atoms with Crippen molar-refractivity contribution in [3.8, 4) is 0 Å². The third-order valence-corrected chi connectivity index (χ3v) is 27.3. The molecule has 30 heteroatoms. The molecule has 0 atom stereocenters. The van der Waals surface area contributed by atoms with Gasteiger partial charge in [0.15, 0.2) is 36.3 Å². The first-order valence-corrected chi connectivity index (χ1v) is 48.1. The molecule has 3 fully saturated rings. The topological polar surface area (TPSA) is 319 Å². The zero-order chi connectivity index (χ0) is 91.2. The number of hydrogen-bond acceptors (Lipinski definition) is 22. The van der Waals surface area contributed by atoms with Crippen molar-refractivity contribution in [3.05, 3.63) is 277 Å². The Balaban J connectivity index is 0.000000128. The van der Waals surface area contributed by atoms with Gasteiger partial charge in [-0.2, -0.15) is 0 Å². The number of ketones is 4. The number of benzene rings is 8. The minimum absolute atomic E-state index is 0.0651. The highest BCUT2D eigenvalue weighted by atomic mass is 79.9. The van der Waals surface area contributed by atoms with Gasteiger partial charge in [0.2, 0.25) is 0 Å². The van der Waals surface area contributed by atoms with E-state index in [-0.39, 0.29) is 48.0 Å². The van der Waals surface area contributed by atoms with Gasteiger partial charge in [0.25, 0.3) is 0 Å². The van der Waals surface area contributed by atoms with Gasteiger partial charge in [-0.05, 0) is 142 Å². The third kappa shape index (κ3) is 22.2. The summed E-state index contributed by atoms with van der Waals surface area (Å²) in [6.07, 6.45) is 9.50. The van der Waals surface area contributed by atoms with Crippen LogP contribution in [0.15, 0.2) is 231 Å². The van der Waals surface area contributed by atoms with Gasteiger partial charge in [0.05, 0.1) is 84.4 Å². The van der Waals surface area contributed by atoms with Crippen LogP contribution in [0.4, 0.5) is 22.7 Å². The van der Waals surface area contributed by atoms with Crippen molar-refractivity contribution in [1.29, 1.82) is 0 Å². The molecule has 131 heavy (non-hydrogen) atoms. The molecule has 0 radical (unpaired) electrons. The number of carboxylic acids is 2. The van der Waals surface area contributed by atoms with Crippen molar-refractivity contribution in [1.82, 2.24) is 9.80 Å². The lowest BCUT2D eigenvalue weighted by atomic mass is 9.94. The summed E-state index contributed by atoms with van der Waals surface area (Å²) in [7, 11) is 0. The van der Waals surface area contributed by atoms with E-state index in [2.05, 4.69) is 117 Å². The van der Waals surface area contributed by atoms with Gasteiger partial charge in [-0.25, -0.2) is 0 Å². The van der Waals surface area contributed by atoms with Crippen LogP contribution < -0.4 is 31.1 Å². The molecule has 0 saturated carbocycles. The van der Waals surface area contributed by atoms with Gasteiger partial charge in [0.1, 0.15) is 49.2 Å². The summed E-state index contributed by atoms with van der Waals surface area (Å²) in [6, 6.07) is 55.4. The standard InChI is InChI=1S/C28H30BrN3O4.C26H26BrN3O4.C25H25BrN4O4.C22H21BrN2O2/c1-2-35-25(34)15-18-9-11-32(12-10-18)13-14-36-31-27-21-5-3-4-6-23(21)30-28(27)26-22-17-20(29)8-7-19(22)16-24(26)33;27-18-6-5-17-14-22(31)24(20(17)15-18)26-25(19-3-1-2-4-21(19)28-26)29-34-12-11-30-9-7-16(8-10-30)13-23(32)33;26-17-6-5-16-13-21(31)23(19(16)14-17)25-24(18-3-1-2-4-20(18)27-25)28-34-12-11-29-7-9-30(10-8-29)15-22(32)33;1-2-3-6-11-27-25-21-16-7-4-5-8-18(16)24-22(21)20-17-13-15(23)10-9-14(17)12-19(20)26/h3-8,17-18,30H,2,9-16H2,1H3;1-6,15-16,28H,7-14H2,(H,32,33);1-6,14,27H,7-13,15H2,(H,32,33);4-5,7-10,13,24H,2-3,6,11-12H2,1H3/p+2/b28-26-,31-27+;26-24-,29-25+;25-23-,28-24+;22-20-,25-21+. The van der Waals surface area contributed by atoms with Crippen molar-refractivity contribution in [2.75, 3.05) is 133 Å². The Labute approximate surface area is 794 Å². The number of piperidine rings is 2. The van der Waals surface area contributed by atoms with Crippen molar-refractivity contribution in [2.45, 2.75) is 97.3 Å². The molecule has 3 saturated heterocycles. The molecule has 26 nitrogen and oxygen atoms in total. The molecule has 7 aliphatic heterocycles. The fourth-order valence-corrected chi connectivity index (χ4v) is 20.1. The van der Waals surface area contributed by atoms with E-state index in [1.165, 1.54) is 9.80 Å². The zero-order valence-electron chi connectivity index (χ0n) is 73.0. The number of allylic oxidation sites excluding steroid dienone is 8. The number of carboxylic acid groups (broad SMARTS) is 2. The molecular formula is C101H104Br4N12O14+2. The number of Topliss-reactive ketones (excluding diaryl/α,β-unsaturated/α-hetero) is 4. The molecule has 8 aromatic rings. The summed E-state index contributed by atoms with van der Waals surface area (Å²) >= 11 is 14.1. The number of likely N-dealkylation sites (tertiary alicyclic amines) is 2. The van der Waals surface area contributed by atoms with E-state index in [1.54, 1.807) is 0 Å². The number of hydrogen-bond donors (Lipinski definition) is 8. The number of piperazine rings is 1. The first-order valence-electron chi connectivity index (χ1n) is 44.9. The monoisotopic (exact) mass is 2020 g/mol. The maximum Gasteiger partial charge on any atom is 0.317 e. The molecule has 678 valence electrons. The smallest absolute Gasteiger partial charge is 0.317 e. The van der Waals surface area contributed by atoms with Gasteiger partial charge in [0, 0.05) is 160 Å². The molecular weight excluding hydrogens is 1920 g/mol. The molecule has 8 N–H and O–H groups in total. The number of aliphatic carboxylic acids is 2. The Morgan fingerprint density at radius 2 is 0.718 bits per heavy atom. The van der Waals surface area contributed by atoms with Gasteiger partial charge >= 0.3 is 17.9 Å². The van der Waals surface area contributed by atoms with Crippen LogP contribution in [0, 0.1) is 11.8 Å². The molecule has 4 aliphatic carbocycles. The highest BCUT2D eigenvalue weighted by molar-refractivity contribution is 9.11. The lowest BCUT2D eigenvalue weighted by Crippen LogP contribution is -3.13. The number of para-hydroxylation sites is 4. The predicted molar refractivity (Wildman–Crippen MR) is 519 cm³/mol. The minimum Gasteiger partial charge on any atom is -0.481 e. The number of fused-ring (bicyclic) bond motifs is 8. The summed E-state index contributed by atoms with van der Waals surface area (Å²) in [4.78, 5) is 115. The Bertz CT molecular complexity index is 5850. The number of nitrogens with zero attached hydrogens (tertiary/aromatic N) is 6. The average molecular weight is 2030 g/mol. The third-order valence-electron chi connectivity index (χ3n) is 25.3. The maximum absolute atomic E-state index is 13.1. The number of nitrogens with one attached hydrogen (secondary N) is 6. The number of esters is 1. The second-order valence-corrected chi connectivity index (χ2v) is 37.8. The van der Waals surface area contributed by atoms with E-state index in [0.29, 0.717) is 140 Å². The lowest BCUT2D eigenvalue weighted by molar-refractivity contribution is -0.906. The number of anilines is 4. The van der Waals surface area contributed by atoms with Gasteiger partial charge < -0.3 is 65.4 Å². The Hall–Kier alpha value is -11.4. The number of halogens is 4. The van der Waals surface area contributed by atoms with Gasteiger partial charge in [-0.3, -0.25) is 43.4 Å². The number of oxime groups is 4. The summed E-state index contributed by atoms with van der Waals surface area (Å²) in [5.41, 5.74) is 23.4. The lowest BCUT2D eigenvalue weighted by Gasteiger charge is -2.33. The van der Waals surface area contributed by atoms with Crippen LogP contribution >= 0.6 is 63.7 Å². The van der Waals surface area contributed by atoms with E-state index in [4.69, 9.17) is 34.3 Å². The quantitative estimate of drug-likeness (QED) is 0.0121. The normalized spacial score (nSPS) is 22.5. The number of ether oxygens (including phenoxy) is 1. The van der Waals surface area contributed by atoms with Gasteiger partial charge in [-0.15, -0.1) is 0 Å². The minimum atomic E-state index is -0.793. The Kier molecular flexibility index (Phi) is 30.7. The van der Waals surface area contributed by atoms with Crippen molar-refractivity contribution >= 4 is 173 Å². The fraction of sp³-hybridized carbons (Fsp3) is 0.337. The second kappa shape index (κ2) is 43.3. The molecule has 0 spiro atoms. The van der Waals surface area contributed by atoms with Crippen LogP contribution in [-0.2, 0) is 83.3 Å². The summed E-state index contributed by atoms with van der Waals surface area (Å²) in [5.74, 6) is -0.562. The summed E-state index contributed by atoms with van der Waals surface area (Å²) in [5, 5.41) is 49.5. The first kappa shape index (κ1) is 92.9. The van der Waals surface area contributed by atoms with Crippen LogP contribution in [0.2, 0.25) is 0 Å². The predicted octanol–water partition coefficient (Wildman–Crippen LogP) is 14.4. The van der Waals surface area contributed by atoms with Crippen LogP contribution in [0.1, 0.15) is 138 Å². The second-order valence-electron chi connectivity index (χ2n) is 34.1.